The highest BCUT2D eigenvalue weighted by Gasteiger charge is 2.21. The molecule has 100 valence electrons. The largest absolute Gasteiger partial charge is 0.376 e. The summed E-state index contributed by atoms with van der Waals surface area (Å²) in [6.07, 6.45) is 1.10. The van der Waals surface area contributed by atoms with Crippen molar-refractivity contribution in [3.8, 4) is 0 Å². The lowest BCUT2D eigenvalue weighted by atomic mass is 10.3. The second-order valence-electron chi connectivity index (χ2n) is 3.80. The molecule has 1 aromatic carbocycles. The first-order valence-corrected chi connectivity index (χ1v) is 6.31. The van der Waals surface area contributed by atoms with Crippen LogP contribution in [-0.2, 0) is 0 Å². The van der Waals surface area contributed by atoms with E-state index in [2.05, 4.69) is 20.3 Å². The predicted molar refractivity (Wildman–Crippen MR) is 74.4 cm³/mol. The summed E-state index contributed by atoms with van der Waals surface area (Å²) in [5, 5.41) is 14.0. The van der Waals surface area contributed by atoms with Crippen LogP contribution >= 0.6 is 11.3 Å². The molecule has 0 saturated heterocycles. The fourth-order valence-corrected chi connectivity index (χ4v) is 2.55. The molecule has 0 atom stereocenters. The summed E-state index contributed by atoms with van der Waals surface area (Å²) in [6, 6.07) is 7.44. The Kier molecular flexibility index (Phi) is 2.88. The first-order chi connectivity index (χ1) is 9.65. The molecule has 3 aromatic rings. The van der Waals surface area contributed by atoms with Gasteiger partial charge in [0.1, 0.15) is 0 Å². The molecule has 0 aliphatic carbocycles. The zero-order valence-electron chi connectivity index (χ0n) is 9.86. The molecule has 2 aromatic heterocycles. The number of nitro groups is 1. The molecular formula is C11H7N5O3S. The smallest absolute Gasteiger partial charge is 0.310 e. The first-order valence-electron chi connectivity index (χ1n) is 5.50. The van der Waals surface area contributed by atoms with Crippen molar-refractivity contribution in [1.29, 1.82) is 0 Å². The topological polar surface area (TPSA) is 114 Å². The van der Waals surface area contributed by atoms with E-state index in [-0.39, 0.29) is 5.82 Å². The van der Waals surface area contributed by atoms with Gasteiger partial charge in [0.25, 0.3) is 0 Å². The predicted octanol–water partition coefficient (Wildman–Crippen LogP) is 2.03. The van der Waals surface area contributed by atoms with Crippen molar-refractivity contribution >= 4 is 38.2 Å². The Bertz CT molecular complexity index is 823. The third kappa shape index (κ3) is 2.10. The molecule has 2 heterocycles. The Morgan fingerprint density at radius 3 is 2.90 bits per heavy atom. The number of anilines is 2. The number of benzene rings is 1. The van der Waals surface area contributed by atoms with Gasteiger partial charge in [-0.25, -0.2) is 9.97 Å². The van der Waals surface area contributed by atoms with Crippen LogP contribution in [0, 0.1) is 10.1 Å². The Morgan fingerprint density at radius 1 is 1.35 bits per heavy atom. The Labute approximate surface area is 115 Å². The zero-order valence-corrected chi connectivity index (χ0v) is 10.7. The van der Waals surface area contributed by atoms with Crippen LogP contribution in [0.2, 0.25) is 0 Å². The third-order valence-electron chi connectivity index (χ3n) is 2.53. The zero-order chi connectivity index (χ0) is 14.1. The van der Waals surface area contributed by atoms with Crippen molar-refractivity contribution in [2.24, 2.45) is 0 Å². The number of nitrogens with zero attached hydrogens (tertiary/aromatic N) is 3. The summed E-state index contributed by atoms with van der Waals surface area (Å²) in [7, 11) is 0. The third-order valence-corrected chi connectivity index (χ3v) is 3.48. The van der Waals surface area contributed by atoms with Crippen molar-refractivity contribution in [2.75, 3.05) is 5.32 Å². The summed E-state index contributed by atoms with van der Waals surface area (Å²) in [6.45, 7) is 0. The average molecular weight is 289 g/mol. The number of nitrogens with one attached hydrogen (secondary N) is 2. The monoisotopic (exact) mass is 289 g/mol. The number of para-hydroxylation sites is 1. The number of hydrogen-bond donors (Lipinski definition) is 2. The Morgan fingerprint density at radius 2 is 2.15 bits per heavy atom. The molecule has 0 aliphatic heterocycles. The fraction of sp³-hybridized carbons (Fsp3) is 0. The van der Waals surface area contributed by atoms with Crippen molar-refractivity contribution in [3.63, 3.8) is 0 Å². The van der Waals surface area contributed by atoms with E-state index in [1.165, 1.54) is 11.3 Å². The SMILES string of the molecule is O=c1[nH]cnc(Nc2nc3ccccc3s2)c1[N+](=O)[O-]. The lowest BCUT2D eigenvalue weighted by Gasteiger charge is -2.00. The number of aromatic amines is 1. The lowest BCUT2D eigenvalue weighted by molar-refractivity contribution is -0.385. The van der Waals surface area contributed by atoms with Crippen LogP contribution in [0.4, 0.5) is 16.6 Å². The number of H-pyrrole nitrogens is 1. The Balaban J connectivity index is 2.05. The van der Waals surface area contributed by atoms with Crippen molar-refractivity contribution in [3.05, 3.63) is 51.1 Å². The molecule has 3 rings (SSSR count). The van der Waals surface area contributed by atoms with Crippen LogP contribution in [0.3, 0.4) is 0 Å². The molecule has 0 saturated carbocycles. The molecule has 0 spiro atoms. The van der Waals surface area contributed by atoms with Gasteiger partial charge in [-0.05, 0) is 12.1 Å². The van der Waals surface area contributed by atoms with E-state index in [0.29, 0.717) is 5.13 Å². The van der Waals surface area contributed by atoms with Gasteiger partial charge >= 0.3 is 11.2 Å². The van der Waals surface area contributed by atoms with Gasteiger partial charge in [0.2, 0.25) is 5.82 Å². The van der Waals surface area contributed by atoms with E-state index >= 15 is 0 Å². The standard InChI is InChI=1S/C11H7N5O3S/c17-10-8(16(18)19)9(12-5-13-10)15-11-14-6-3-1-2-4-7(6)20-11/h1-5H,(H2,12,13,14,15,17). The first kappa shape index (κ1) is 12.2. The Hall–Kier alpha value is -2.81. The number of aromatic nitrogens is 3. The second kappa shape index (κ2) is 4.70. The fourth-order valence-electron chi connectivity index (χ4n) is 1.68. The van der Waals surface area contributed by atoms with Gasteiger partial charge in [0, 0.05) is 0 Å². The van der Waals surface area contributed by atoms with E-state index in [0.717, 1.165) is 16.5 Å². The van der Waals surface area contributed by atoms with Crippen LogP contribution < -0.4 is 10.9 Å². The van der Waals surface area contributed by atoms with Gasteiger partial charge in [-0.1, -0.05) is 23.5 Å². The van der Waals surface area contributed by atoms with Crippen LogP contribution in [0.15, 0.2) is 35.4 Å². The summed E-state index contributed by atoms with van der Waals surface area (Å²) in [5.74, 6) is -0.127. The normalized spacial score (nSPS) is 10.6. The van der Waals surface area contributed by atoms with E-state index in [1.54, 1.807) is 0 Å². The van der Waals surface area contributed by atoms with Gasteiger partial charge in [0.05, 0.1) is 21.5 Å². The van der Waals surface area contributed by atoms with Crippen LogP contribution in [0.5, 0.6) is 0 Å². The van der Waals surface area contributed by atoms with Gasteiger partial charge in [-0.2, -0.15) is 0 Å². The summed E-state index contributed by atoms with van der Waals surface area (Å²) in [5.41, 5.74) is -0.673. The lowest BCUT2D eigenvalue weighted by Crippen LogP contribution is -2.14. The highest BCUT2D eigenvalue weighted by molar-refractivity contribution is 7.22. The molecule has 0 bridgehead atoms. The van der Waals surface area contributed by atoms with Crippen LogP contribution in [0.25, 0.3) is 10.2 Å². The molecule has 8 nitrogen and oxygen atoms in total. The van der Waals surface area contributed by atoms with Crippen molar-refractivity contribution in [2.45, 2.75) is 0 Å². The molecule has 9 heteroatoms. The minimum atomic E-state index is -0.811. The van der Waals surface area contributed by atoms with Crippen molar-refractivity contribution < 1.29 is 4.92 Å². The molecule has 2 N–H and O–H groups in total. The highest BCUT2D eigenvalue weighted by Crippen LogP contribution is 2.29. The van der Waals surface area contributed by atoms with Gasteiger partial charge < -0.3 is 10.3 Å². The molecule has 0 unspecified atom stereocenters. The minimum Gasteiger partial charge on any atom is -0.310 e. The summed E-state index contributed by atoms with van der Waals surface area (Å²) < 4.78 is 0.933. The highest BCUT2D eigenvalue weighted by atomic mass is 32.1. The number of thiazole rings is 1. The molecule has 0 fully saturated rings. The van der Waals surface area contributed by atoms with E-state index in [1.807, 2.05) is 24.3 Å². The van der Waals surface area contributed by atoms with Crippen LogP contribution in [-0.4, -0.2) is 19.9 Å². The maximum absolute atomic E-state index is 11.4. The van der Waals surface area contributed by atoms with Gasteiger partial charge in [0.15, 0.2) is 5.13 Å². The molecule has 0 aliphatic rings. The second-order valence-corrected chi connectivity index (χ2v) is 4.83. The minimum absolute atomic E-state index is 0.127. The molecule has 0 radical (unpaired) electrons. The number of fused-ring (bicyclic) bond motifs is 1. The van der Waals surface area contributed by atoms with E-state index in [4.69, 9.17) is 0 Å². The molecule has 0 amide bonds. The maximum Gasteiger partial charge on any atom is 0.376 e. The summed E-state index contributed by atoms with van der Waals surface area (Å²) >= 11 is 1.32. The maximum atomic E-state index is 11.4. The average Bonchev–Trinajstić information content (AvgIpc) is 2.80. The molecular weight excluding hydrogens is 282 g/mol. The van der Waals surface area contributed by atoms with E-state index in [9.17, 15) is 14.9 Å². The quantitative estimate of drug-likeness (QED) is 0.563. The molecule has 20 heavy (non-hydrogen) atoms. The van der Waals surface area contributed by atoms with Crippen LogP contribution in [0.1, 0.15) is 0 Å². The van der Waals surface area contributed by atoms with E-state index < -0.39 is 16.2 Å². The summed E-state index contributed by atoms with van der Waals surface area (Å²) in [4.78, 5) is 31.8. The van der Waals surface area contributed by atoms with Gasteiger partial charge in [-0.3, -0.25) is 14.9 Å². The number of rotatable bonds is 3. The van der Waals surface area contributed by atoms with Gasteiger partial charge in [-0.15, -0.1) is 0 Å². The number of hydrogen-bond acceptors (Lipinski definition) is 7. The van der Waals surface area contributed by atoms with Crippen molar-refractivity contribution in [1.82, 2.24) is 15.0 Å².